The maximum Gasteiger partial charge on any atom is 0.216 e. The number of carbonyl (C=O) groups excluding carboxylic acids is 1. The first-order chi connectivity index (χ1) is 9.23. The van der Waals surface area contributed by atoms with Gasteiger partial charge in [0.1, 0.15) is 17.2 Å². The fourth-order valence-corrected chi connectivity index (χ4v) is 1.98. The molecule has 0 saturated heterocycles. The lowest BCUT2D eigenvalue weighted by molar-refractivity contribution is -0.110. The Bertz CT molecular complexity index is 606. The highest BCUT2D eigenvalue weighted by molar-refractivity contribution is 7.90. The molecule has 0 aromatic heterocycles. The van der Waals surface area contributed by atoms with E-state index in [1.165, 1.54) is 12.1 Å². The van der Waals surface area contributed by atoms with E-state index in [4.69, 9.17) is 9.88 Å². The first-order valence-corrected chi connectivity index (χ1v) is 7.38. The number of Topliss-reactive ketones (excluding diaryl/α,β-unsaturated/α-hetero) is 1. The smallest absolute Gasteiger partial charge is 0.216 e. The molecule has 110 valence electrons. The zero-order valence-corrected chi connectivity index (χ0v) is 12.3. The zero-order valence-electron chi connectivity index (χ0n) is 11.5. The van der Waals surface area contributed by atoms with Crippen molar-refractivity contribution in [2.75, 3.05) is 27.0 Å². The van der Waals surface area contributed by atoms with Crippen molar-refractivity contribution >= 4 is 21.5 Å². The summed E-state index contributed by atoms with van der Waals surface area (Å²) in [6.07, 6.45) is 0. The van der Waals surface area contributed by atoms with Gasteiger partial charge in [-0.15, -0.1) is 0 Å². The summed E-state index contributed by atoms with van der Waals surface area (Å²) in [6, 6.07) is 6.57. The molecule has 0 heterocycles. The van der Waals surface area contributed by atoms with E-state index in [0.717, 1.165) is 0 Å². The molecule has 0 amide bonds. The molecule has 0 spiro atoms. The first-order valence-electron chi connectivity index (χ1n) is 5.67. The molecule has 7 nitrogen and oxygen atoms in total. The third-order valence-electron chi connectivity index (χ3n) is 2.26. The first kappa shape index (κ1) is 16.1. The Balaban J connectivity index is 3.15. The molecule has 0 unspecified atom stereocenters. The molecular weight excluding hydrogens is 282 g/mol. The van der Waals surface area contributed by atoms with Gasteiger partial charge in [0.2, 0.25) is 10.0 Å². The van der Waals surface area contributed by atoms with Gasteiger partial charge in [-0.3, -0.25) is 4.79 Å². The van der Waals surface area contributed by atoms with Crippen molar-refractivity contribution in [3.8, 4) is 5.75 Å². The number of ether oxygens (including phenoxy) is 1. The third kappa shape index (κ3) is 4.98. The standard InChI is InChI=1S/C12H17N3O4S/c1-15(2)14-12(11(16)8-20(13,17)18)9-4-6-10(19-3)7-5-9/h4-7H,8H2,1-3H3,(H2,13,17,18)/b14-12-. The lowest BCUT2D eigenvalue weighted by Gasteiger charge is -2.10. The highest BCUT2D eigenvalue weighted by Crippen LogP contribution is 2.13. The minimum Gasteiger partial charge on any atom is -0.497 e. The number of rotatable bonds is 6. The van der Waals surface area contributed by atoms with Crippen molar-refractivity contribution in [1.82, 2.24) is 5.01 Å². The summed E-state index contributed by atoms with van der Waals surface area (Å²) in [5.74, 6) is -0.825. The Morgan fingerprint density at radius 1 is 1.30 bits per heavy atom. The van der Waals surface area contributed by atoms with Crippen molar-refractivity contribution < 1.29 is 17.9 Å². The van der Waals surface area contributed by atoms with Gasteiger partial charge in [0.05, 0.1) is 7.11 Å². The van der Waals surface area contributed by atoms with Crippen LogP contribution in [0.15, 0.2) is 29.4 Å². The number of carbonyl (C=O) groups is 1. The summed E-state index contributed by atoms with van der Waals surface area (Å²) < 4.78 is 27.1. The van der Waals surface area contributed by atoms with E-state index in [2.05, 4.69) is 5.10 Å². The average Bonchev–Trinajstić information content (AvgIpc) is 2.34. The summed E-state index contributed by atoms with van der Waals surface area (Å²) in [4.78, 5) is 12.0. The van der Waals surface area contributed by atoms with Gasteiger partial charge in [-0.05, 0) is 24.3 Å². The molecule has 8 heteroatoms. The van der Waals surface area contributed by atoms with Gasteiger partial charge in [-0.2, -0.15) is 5.10 Å². The second-order valence-electron chi connectivity index (χ2n) is 4.25. The lowest BCUT2D eigenvalue weighted by atomic mass is 10.1. The zero-order chi connectivity index (χ0) is 15.3. The molecule has 1 aromatic rings. The minimum atomic E-state index is -3.90. The van der Waals surface area contributed by atoms with Crippen LogP contribution in [0.3, 0.4) is 0 Å². The van der Waals surface area contributed by atoms with E-state index < -0.39 is 21.6 Å². The lowest BCUT2D eigenvalue weighted by Crippen LogP contribution is -2.30. The third-order valence-corrected chi connectivity index (χ3v) is 2.92. The number of hydrogen-bond donors (Lipinski definition) is 1. The van der Waals surface area contributed by atoms with Crippen LogP contribution in [0.2, 0.25) is 0 Å². The summed E-state index contributed by atoms with van der Waals surface area (Å²) >= 11 is 0. The van der Waals surface area contributed by atoms with Crippen molar-refractivity contribution in [1.29, 1.82) is 0 Å². The van der Waals surface area contributed by atoms with Crippen LogP contribution in [0.25, 0.3) is 0 Å². The van der Waals surface area contributed by atoms with E-state index in [0.29, 0.717) is 11.3 Å². The largest absolute Gasteiger partial charge is 0.497 e. The Kier molecular flexibility index (Phi) is 5.23. The number of ketones is 1. The van der Waals surface area contributed by atoms with Gasteiger partial charge in [-0.25, -0.2) is 13.6 Å². The second kappa shape index (κ2) is 6.49. The number of hydrazone groups is 1. The molecule has 20 heavy (non-hydrogen) atoms. The maximum atomic E-state index is 12.0. The quantitative estimate of drug-likeness (QED) is 0.580. The molecule has 0 fully saturated rings. The molecule has 0 bridgehead atoms. The number of benzene rings is 1. The minimum absolute atomic E-state index is 0.0340. The van der Waals surface area contributed by atoms with Gasteiger partial charge in [0.15, 0.2) is 5.78 Å². The van der Waals surface area contributed by atoms with Crippen LogP contribution in [0, 0.1) is 0 Å². The van der Waals surface area contributed by atoms with Crippen LogP contribution in [0.1, 0.15) is 5.56 Å². The molecule has 0 aliphatic rings. The van der Waals surface area contributed by atoms with Gasteiger partial charge >= 0.3 is 0 Å². The average molecular weight is 299 g/mol. The highest BCUT2D eigenvalue weighted by Gasteiger charge is 2.20. The summed E-state index contributed by atoms with van der Waals surface area (Å²) in [5.41, 5.74) is 0.528. The summed E-state index contributed by atoms with van der Waals surface area (Å²) in [5, 5.41) is 10.3. The van der Waals surface area contributed by atoms with E-state index in [1.807, 2.05) is 0 Å². The molecule has 0 atom stereocenters. The number of hydrogen-bond acceptors (Lipinski definition) is 6. The fraction of sp³-hybridized carbons (Fsp3) is 0.333. The predicted molar refractivity (Wildman–Crippen MR) is 76.2 cm³/mol. The number of primary sulfonamides is 1. The van der Waals surface area contributed by atoms with Crippen molar-refractivity contribution in [3.63, 3.8) is 0 Å². The van der Waals surface area contributed by atoms with Gasteiger partial charge < -0.3 is 9.75 Å². The Morgan fingerprint density at radius 3 is 2.25 bits per heavy atom. The molecular formula is C12H17N3O4S. The van der Waals surface area contributed by atoms with E-state index in [1.54, 1.807) is 38.4 Å². The number of methoxy groups -OCH3 is 1. The van der Waals surface area contributed by atoms with Crippen LogP contribution in [0.4, 0.5) is 0 Å². The molecule has 0 aliphatic heterocycles. The summed E-state index contributed by atoms with van der Waals surface area (Å²) in [6.45, 7) is 0. The van der Waals surface area contributed by atoms with Crippen LogP contribution < -0.4 is 9.88 Å². The molecule has 1 aromatic carbocycles. The Hall–Kier alpha value is -1.93. The SMILES string of the molecule is COc1ccc(/C(=N/N(C)C)C(=O)CS(N)(=O)=O)cc1. The predicted octanol–water partition coefficient (Wildman–Crippen LogP) is -0.181. The van der Waals surface area contributed by atoms with Gasteiger partial charge in [-0.1, -0.05) is 0 Å². The molecule has 1 rings (SSSR count). The van der Waals surface area contributed by atoms with Crippen LogP contribution >= 0.6 is 0 Å². The monoisotopic (exact) mass is 299 g/mol. The topological polar surface area (TPSA) is 102 Å². The van der Waals surface area contributed by atoms with E-state index in [9.17, 15) is 13.2 Å². The fourth-order valence-electron chi connectivity index (χ4n) is 1.47. The van der Waals surface area contributed by atoms with Crippen molar-refractivity contribution in [2.45, 2.75) is 0 Å². The highest BCUT2D eigenvalue weighted by atomic mass is 32.2. The number of nitrogens with two attached hydrogens (primary N) is 1. The second-order valence-corrected chi connectivity index (χ2v) is 5.87. The maximum absolute atomic E-state index is 12.0. The molecule has 0 saturated carbocycles. The number of nitrogens with zero attached hydrogens (tertiary/aromatic N) is 2. The van der Waals surface area contributed by atoms with Crippen molar-refractivity contribution in [2.24, 2.45) is 10.2 Å². The normalized spacial score (nSPS) is 12.1. The van der Waals surface area contributed by atoms with Crippen LogP contribution in [0.5, 0.6) is 5.75 Å². The summed E-state index contributed by atoms with van der Waals surface area (Å²) in [7, 11) is 0.891. The van der Waals surface area contributed by atoms with E-state index >= 15 is 0 Å². The molecule has 0 radical (unpaired) electrons. The Morgan fingerprint density at radius 2 is 1.85 bits per heavy atom. The van der Waals surface area contributed by atoms with Crippen LogP contribution in [-0.4, -0.2) is 51.9 Å². The van der Waals surface area contributed by atoms with Crippen LogP contribution in [-0.2, 0) is 14.8 Å². The van der Waals surface area contributed by atoms with Crippen molar-refractivity contribution in [3.05, 3.63) is 29.8 Å². The molecule has 0 aliphatic carbocycles. The Labute approximate surface area is 118 Å². The van der Waals surface area contributed by atoms with Gasteiger partial charge in [0.25, 0.3) is 0 Å². The molecule has 2 N–H and O–H groups in total. The van der Waals surface area contributed by atoms with Gasteiger partial charge in [0, 0.05) is 19.7 Å². The number of sulfonamides is 1. The van der Waals surface area contributed by atoms with E-state index in [-0.39, 0.29) is 5.71 Å².